The van der Waals surface area contributed by atoms with Crippen LogP contribution in [0.1, 0.15) is 37.4 Å². The molecule has 96 valence electrons. The molecule has 3 unspecified atom stereocenters. The standard InChI is InChI=1S/C15H21N3/c1-11-10-17-8-7-15(11)18-12(2)14-5-3-13(9-16)4-6-14/h3-6,11-12,15,17-18H,7-8,10H2,1-2H3. The van der Waals surface area contributed by atoms with Crippen LogP contribution in [0.2, 0.25) is 0 Å². The van der Waals surface area contributed by atoms with E-state index in [4.69, 9.17) is 5.26 Å². The number of piperidine rings is 1. The molecule has 2 N–H and O–H groups in total. The summed E-state index contributed by atoms with van der Waals surface area (Å²) in [5.41, 5.74) is 1.97. The highest BCUT2D eigenvalue weighted by molar-refractivity contribution is 5.32. The van der Waals surface area contributed by atoms with Gasteiger partial charge in [-0.25, -0.2) is 0 Å². The summed E-state index contributed by atoms with van der Waals surface area (Å²) >= 11 is 0. The molecular weight excluding hydrogens is 222 g/mol. The summed E-state index contributed by atoms with van der Waals surface area (Å²) in [5, 5.41) is 15.9. The Balaban J connectivity index is 1.98. The Morgan fingerprint density at radius 3 is 2.72 bits per heavy atom. The zero-order chi connectivity index (χ0) is 13.0. The van der Waals surface area contributed by atoms with Crippen molar-refractivity contribution in [3.05, 3.63) is 35.4 Å². The molecule has 18 heavy (non-hydrogen) atoms. The minimum absolute atomic E-state index is 0.336. The topological polar surface area (TPSA) is 47.8 Å². The lowest BCUT2D eigenvalue weighted by Gasteiger charge is -2.33. The number of benzene rings is 1. The SMILES string of the molecule is CC(NC1CCNCC1C)c1ccc(C#N)cc1. The summed E-state index contributed by atoms with van der Waals surface area (Å²) in [6, 6.07) is 10.9. The van der Waals surface area contributed by atoms with Crippen LogP contribution in [0.4, 0.5) is 0 Å². The lowest BCUT2D eigenvalue weighted by molar-refractivity contribution is 0.278. The van der Waals surface area contributed by atoms with Crippen LogP contribution in [-0.4, -0.2) is 19.1 Å². The van der Waals surface area contributed by atoms with Gasteiger partial charge < -0.3 is 10.6 Å². The van der Waals surface area contributed by atoms with Crippen molar-refractivity contribution < 1.29 is 0 Å². The quantitative estimate of drug-likeness (QED) is 0.855. The van der Waals surface area contributed by atoms with E-state index < -0.39 is 0 Å². The van der Waals surface area contributed by atoms with E-state index in [9.17, 15) is 0 Å². The molecule has 1 aliphatic rings. The molecule has 0 bridgehead atoms. The summed E-state index contributed by atoms with van der Waals surface area (Å²) in [6.07, 6.45) is 1.18. The first-order valence-corrected chi connectivity index (χ1v) is 6.67. The van der Waals surface area contributed by atoms with Crippen LogP contribution in [-0.2, 0) is 0 Å². The second-order valence-electron chi connectivity index (χ2n) is 5.20. The van der Waals surface area contributed by atoms with E-state index in [1.807, 2.05) is 24.3 Å². The van der Waals surface area contributed by atoms with Crippen LogP contribution in [0.5, 0.6) is 0 Å². The van der Waals surface area contributed by atoms with Gasteiger partial charge in [-0.05, 0) is 50.0 Å². The molecular formula is C15H21N3. The van der Waals surface area contributed by atoms with Gasteiger partial charge in [-0.2, -0.15) is 5.26 Å². The second-order valence-corrected chi connectivity index (χ2v) is 5.20. The normalized spacial score (nSPS) is 25.4. The molecule has 1 aliphatic heterocycles. The summed E-state index contributed by atoms with van der Waals surface area (Å²) in [6.45, 7) is 6.67. The van der Waals surface area contributed by atoms with Gasteiger partial charge in [0.2, 0.25) is 0 Å². The van der Waals surface area contributed by atoms with Crippen LogP contribution in [0, 0.1) is 17.2 Å². The van der Waals surface area contributed by atoms with Crippen LogP contribution in [0.25, 0.3) is 0 Å². The monoisotopic (exact) mass is 243 g/mol. The van der Waals surface area contributed by atoms with Crippen LogP contribution in [0.15, 0.2) is 24.3 Å². The average Bonchev–Trinajstić information content (AvgIpc) is 2.41. The van der Waals surface area contributed by atoms with Crippen LogP contribution in [0.3, 0.4) is 0 Å². The first-order valence-electron chi connectivity index (χ1n) is 6.67. The Hall–Kier alpha value is -1.37. The molecule has 1 saturated heterocycles. The maximum absolute atomic E-state index is 8.79. The lowest BCUT2D eigenvalue weighted by Crippen LogP contribution is -2.47. The minimum Gasteiger partial charge on any atom is -0.316 e. The molecule has 1 heterocycles. The molecule has 0 spiro atoms. The summed E-state index contributed by atoms with van der Waals surface area (Å²) in [4.78, 5) is 0. The molecule has 1 fully saturated rings. The van der Waals surface area contributed by atoms with E-state index in [-0.39, 0.29) is 0 Å². The third kappa shape index (κ3) is 3.10. The third-order valence-corrected chi connectivity index (χ3v) is 3.79. The lowest BCUT2D eigenvalue weighted by atomic mass is 9.93. The van der Waals surface area contributed by atoms with Gasteiger partial charge in [0.05, 0.1) is 11.6 Å². The van der Waals surface area contributed by atoms with Crippen molar-refractivity contribution in [2.75, 3.05) is 13.1 Å². The summed E-state index contributed by atoms with van der Waals surface area (Å²) in [7, 11) is 0. The molecule has 3 heteroatoms. The molecule has 3 atom stereocenters. The van der Waals surface area contributed by atoms with Gasteiger partial charge in [0.1, 0.15) is 0 Å². The highest BCUT2D eigenvalue weighted by Crippen LogP contribution is 2.18. The van der Waals surface area contributed by atoms with Crippen molar-refractivity contribution in [1.29, 1.82) is 5.26 Å². The van der Waals surface area contributed by atoms with Crippen molar-refractivity contribution in [1.82, 2.24) is 10.6 Å². The predicted octanol–water partition coefficient (Wildman–Crippen LogP) is 2.21. The smallest absolute Gasteiger partial charge is 0.0991 e. The Labute approximate surface area is 109 Å². The maximum atomic E-state index is 8.79. The molecule has 0 aromatic heterocycles. The number of nitriles is 1. The number of nitrogens with zero attached hydrogens (tertiary/aromatic N) is 1. The van der Waals surface area contributed by atoms with Gasteiger partial charge in [0.15, 0.2) is 0 Å². The fourth-order valence-electron chi connectivity index (χ4n) is 2.53. The Kier molecular flexibility index (Phi) is 4.35. The van der Waals surface area contributed by atoms with Gasteiger partial charge in [0, 0.05) is 12.1 Å². The summed E-state index contributed by atoms with van der Waals surface area (Å²) < 4.78 is 0. The minimum atomic E-state index is 0.336. The Morgan fingerprint density at radius 2 is 2.11 bits per heavy atom. The largest absolute Gasteiger partial charge is 0.316 e. The number of rotatable bonds is 3. The van der Waals surface area contributed by atoms with Crippen molar-refractivity contribution in [2.45, 2.75) is 32.4 Å². The van der Waals surface area contributed by atoms with Crippen molar-refractivity contribution in [2.24, 2.45) is 5.92 Å². The van der Waals surface area contributed by atoms with Gasteiger partial charge in [-0.1, -0.05) is 19.1 Å². The zero-order valence-electron chi connectivity index (χ0n) is 11.1. The molecule has 0 aliphatic carbocycles. The van der Waals surface area contributed by atoms with Crippen molar-refractivity contribution >= 4 is 0 Å². The maximum Gasteiger partial charge on any atom is 0.0991 e. The number of nitrogens with one attached hydrogen (secondary N) is 2. The van der Waals surface area contributed by atoms with E-state index in [2.05, 4.69) is 30.6 Å². The molecule has 2 rings (SSSR count). The van der Waals surface area contributed by atoms with Crippen LogP contribution < -0.4 is 10.6 Å². The Morgan fingerprint density at radius 1 is 1.39 bits per heavy atom. The number of hydrogen-bond acceptors (Lipinski definition) is 3. The highest BCUT2D eigenvalue weighted by atomic mass is 15.0. The van der Waals surface area contributed by atoms with Crippen LogP contribution >= 0.6 is 0 Å². The molecule has 1 aromatic carbocycles. The van der Waals surface area contributed by atoms with Gasteiger partial charge in [-0.3, -0.25) is 0 Å². The molecule has 3 nitrogen and oxygen atoms in total. The van der Waals surface area contributed by atoms with Gasteiger partial charge >= 0.3 is 0 Å². The van der Waals surface area contributed by atoms with E-state index >= 15 is 0 Å². The third-order valence-electron chi connectivity index (χ3n) is 3.79. The van der Waals surface area contributed by atoms with E-state index in [1.54, 1.807) is 0 Å². The molecule has 0 amide bonds. The van der Waals surface area contributed by atoms with E-state index in [1.165, 1.54) is 12.0 Å². The van der Waals surface area contributed by atoms with Crippen molar-refractivity contribution in [3.63, 3.8) is 0 Å². The first-order chi connectivity index (χ1) is 8.70. The fourth-order valence-corrected chi connectivity index (χ4v) is 2.53. The molecule has 0 saturated carbocycles. The van der Waals surface area contributed by atoms with Crippen molar-refractivity contribution in [3.8, 4) is 6.07 Å². The van der Waals surface area contributed by atoms with E-state index in [0.29, 0.717) is 18.0 Å². The predicted molar refractivity (Wildman–Crippen MR) is 73.1 cm³/mol. The van der Waals surface area contributed by atoms with Gasteiger partial charge in [-0.15, -0.1) is 0 Å². The molecule has 0 radical (unpaired) electrons. The average molecular weight is 243 g/mol. The molecule has 1 aromatic rings. The highest BCUT2D eigenvalue weighted by Gasteiger charge is 2.22. The van der Waals surface area contributed by atoms with Gasteiger partial charge in [0.25, 0.3) is 0 Å². The first kappa shape index (κ1) is 13.1. The number of hydrogen-bond donors (Lipinski definition) is 2. The van der Waals surface area contributed by atoms with E-state index in [0.717, 1.165) is 18.7 Å². The Bertz CT molecular complexity index is 418. The second kappa shape index (κ2) is 5.99. The summed E-state index contributed by atoms with van der Waals surface area (Å²) in [5.74, 6) is 0.666. The fraction of sp³-hybridized carbons (Fsp3) is 0.533. The zero-order valence-corrected chi connectivity index (χ0v) is 11.1.